The second-order valence-electron chi connectivity index (χ2n) is 11.8. The molecule has 2 aromatic heterocycles. The van der Waals surface area contributed by atoms with Crippen LogP contribution in [0.15, 0.2) is 54.7 Å². The Kier molecular flexibility index (Phi) is 9.99. The van der Waals surface area contributed by atoms with E-state index >= 15 is 0 Å². The molecule has 0 bridgehead atoms. The number of aliphatic hydroxyl groups is 1. The number of hydrogen-bond donors (Lipinski definition) is 3. The summed E-state index contributed by atoms with van der Waals surface area (Å²) in [5.74, 6) is -0.743. The van der Waals surface area contributed by atoms with Gasteiger partial charge in [0.1, 0.15) is 17.9 Å². The molecule has 2 atom stereocenters. The number of aliphatic hydroxyl groups excluding tert-OH is 1. The Morgan fingerprint density at radius 1 is 0.978 bits per heavy atom. The molecule has 3 amide bonds. The lowest BCUT2D eigenvalue weighted by Gasteiger charge is -2.28. The highest BCUT2D eigenvalue weighted by atomic mass is 16.5. The van der Waals surface area contributed by atoms with Crippen LogP contribution in [0.4, 0.5) is 0 Å². The van der Waals surface area contributed by atoms with Gasteiger partial charge in [-0.05, 0) is 81.6 Å². The minimum absolute atomic E-state index is 0.0262. The Morgan fingerprint density at radius 2 is 1.83 bits per heavy atom. The highest BCUT2D eigenvalue weighted by Gasteiger charge is 2.37. The summed E-state index contributed by atoms with van der Waals surface area (Å²) in [6.07, 6.45) is 5.99. The number of fused-ring (bicyclic) bond motifs is 2. The number of aromatic nitrogens is 4. The third-order valence-electron chi connectivity index (χ3n) is 8.77. The van der Waals surface area contributed by atoms with Crippen molar-refractivity contribution in [2.75, 3.05) is 39.3 Å². The average Bonchev–Trinajstić information content (AvgIpc) is 3.75. The number of carbonyl (C=O) groups excluding carboxylic acids is 3. The summed E-state index contributed by atoms with van der Waals surface area (Å²) in [4.78, 5) is 47.6. The highest BCUT2D eigenvalue weighted by Crippen LogP contribution is 2.24. The SMILES string of the molecule is O=C(NCC(=O)N1CCCC1C(O)C(=O)NCn1nnc2ccccc21)c1ccnc2ccc(OCCCN3CCCCC3)cc12. The van der Waals surface area contributed by atoms with E-state index in [0.717, 1.165) is 31.6 Å². The minimum atomic E-state index is -1.43. The first-order valence-electron chi connectivity index (χ1n) is 16.0. The van der Waals surface area contributed by atoms with Crippen molar-refractivity contribution in [2.45, 2.75) is 57.3 Å². The number of rotatable bonds is 12. The van der Waals surface area contributed by atoms with Gasteiger partial charge in [-0.15, -0.1) is 5.10 Å². The van der Waals surface area contributed by atoms with Crippen LogP contribution < -0.4 is 15.4 Å². The molecule has 6 rings (SSSR count). The lowest BCUT2D eigenvalue weighted by Crippen LogP contribution is -2.51. The first kappa shape index (κ1) is 31.4. The lowest BCUT2D eigenvalue weighted by atomic mass is 10.1. The van der Waals surface area contributed by atoms with Crippen molar-refractivity contribution in [3.05, 3.63) is 60.3 Å². The van der Waals surface area contributed by atoms with E-state index in [1.807, 2.05) is 42.5 Å². The number of nitrogens with one attached hydrogen (secondary N) is 2. The minimum Gasteiger partial charge on any atom is -0.494 e. The molecule has 4 aromatic rings. The van der Waals surface area contributed by atoms with E-state index in [-0.39, 0.29) is 19.1 Å². The standard InChI is InChI=1S/C33H40N8O5/c42-30(40-18-6-10-29(40)31(43)33(45)36-22-41-28-9-3-2-8-27(28)37-38-41)21-35-32(44)24-13-14-34-26-12-11-23(20-25(24)26)46-19-7-17-39-15-4-1-5-16-39/h2-3,8-9,11-14,20,29,31,43H,1,4-7,10,15-19,21-22H2,(H,35,44)(H,36,45). The summed E-state index contributed by atoms with van der Waals surface area (Å²) in [6.45, 7) is 4.03. The predicted molar refractivity (Wildman–Crippen MR) is 171 cm³/mol. The van der Waals surface area contributed by atoms with Gasteiger partial charge in [-0.3, -0.25) is 19.4 Å². The zero-order chi connectivity index (χ0) is 31.9. The van der Waals surface area contributed by atoms with Crippen LogP contribution in [0.5, 0.6) is 5.75 Å². The second kappa shape index (κ2) is 14.6. The van der Waals surface area contributed by atoms with Gasteiger partial charge in [-0.1, -0.05) is 23.8 Å². The van der Waals surface area contributed by atoms with Gasteiger partial charge in [-0.2, -0.15) is 0 Å². The van der Waals surface area contributed by atoms with Gasteiger partial charge in [0, 0.05) is 24.7 Å². The van der Waals surface area contributed by atoms with Gasteiger partial charge >= 0.3 is 0 Å². The number of carbonyl (C=O) groups is 3. The Labute approximate surface area is 266 Å². The Hall–Kier alpha value is -4.62. The molecule has 0 spiro atoms. The zero-order valence-corrected chi connectivity index (χ0v) is 25.8. The molecule has 0 radical (unpaired) electrons. The maximum Gasteiger partial charge on any atom is 0.252 e. The van der Waals surface area contributed by atoms with Crippen molar-refractivity contribution in [1.29, 1.82) is 0 Å². The molecular weight excluding hydrogens is 588 g/mol. The fraction of sp³-hybridized carbons (Fsp3) is 0.455. The number of piperidine rings is 1. The molecule has 0 aliphatic carbocycles. The molecule has 2 aliphatic rings. The van der Waals surface area contributed by atoms with Crippen molar-refractivity contribution >= 4 is 39.7 Å². The molecule has 4 heterocycles. The summed E-state index contributed by atoms with van der Waals surface area (Å²) in [5, 5.41) is 25.0. The summed E-state index contributed by atoms with van der Waals surface area (Å²) >= 11 is 0. The van der Waals surface area contributed by atoms with E-state index in [1.165, 1.54) is 28.8 Å². The van der Waals surface area contributed by atoms with Gasteiger partial charge in [0.2, 0.25) is 5.91 Å². The van der Waals surface area contributed by atoms with Crippen molar-refractivity contribution in [3.8, 4) is 5.75 Å². The highest BCUT2D eigenvalue weighted by molar-refractivity contribution is 6.07. The van der Waals surface area contributed by atoms with Gasteiger partial charge in [0.05, 0.1) is 35.8 Å². The number of nitrogens with zero attached hydrogens (tertiary/aromatic N) is 6. The molecular formula is C33H40N8O5. The van der Waals surface area contributed by atoms with Crippen LogP contribution in [0.2, 0.25) is 0 Å². The van der Waals surface area contributed by atoms with E-state index in [0.29, 0.717) is 53.7 Å². The van der Waals surface area contributed by atoms with Gasteiger partial charge < -0.3 is 30.3 Å². The molecule has 13 heteroatoms. The summed E-state index contributed by atoms with van der Waals surface area (Å²) in [6, 6.07) is 13.8. The van der Waals surface area contributed by atoms with Gasteiger partial charge in [-0.25, -0.2) is 4.68 Å². The molecule has 242 valence electrons. The molecule has 3 N–H and O–H groups in total. The van der Waals surface area contributed by atoms with E-state index < -0.39 is 24.0 Å². The normalized spacial score (nSPS) is 17.7. The topological polar surface area (TPSA) is 155 Å². The number of hydrogen-bond acceptors (Lipinski definition) is 9. The number of para-hydroxylation sites is 1. The van der Waals surface area contributed by atoms with Gasteiger partial charge in [0.15, 0.2) is 6.10 Å². The maximum absolute atomic E-state index is 13.3. The summed E-state index contributed by atoms with van der Waals surface area (Å²) in [7, 11) is 0. The number of benzene rings is 2. The Morgan fingerprint density at radius 3 is 2.70 bits per heavy atom. The van der Waals surface area contributed by atoms with Crippen molar-refractivity contribution < 1.29 is 24.2 Å². The van der Waals surface area contributed by atoms with Crippen LogP contribution in [-0.2, 0) is 16.3 Å². The molecule has 2 unspecified atom stereocenters. The number of likely N-dealkylation sites (tertiary alicyclic amines) is 2. The van der Waals surface area contributed by atoms with Crippen LogP contribution in [0.25, 0.3) is 21.9 Å². The van der Waals surface area contributed by atoms with E-state index in [2.05, 4.69) is 30.8 Å². The molecule has 46 heavy (non-hydrogen) atoms. The van der Waals surface area contributed by atoms with Crippen molar-refractivity contribution in [1.82, 2.24) is 40.4 Å². The largest absolute Gasteiger partial charge is 0.494 e. The fourth-order valence-corrected chi connectivity index (χ4v) is 6.32. The predicted octanol–water partition coefficient (Wildman–Crippen LogP) is 2.09. The van der Waals surface area contributed by atoms with E-state index in [9.17, 15) is 19.5 Å². The summed E-state index contributed by atoms with van der Waals surface area (Å²) in [5.41, 5.74) is 2.47. The van der Waals surface area contributed by atoms with Crippen LogP contribution in [0.1, 0.15) is 48.9 Å². The zero-order valence-electron chi connectivity index (χ0n) is 25.8. The van der Waals surface area contributed by atoms with Crippen LogP contribution in [-0.4, -0.2) is 104 Å². The maximum atomic E-state index is 13.3. The van der Waals surface area contributed by atoms with Crippen LogP contribution in [0.3, 0.4) is 0 Å². The molecule has 2 aliphatic heterocycles. The monoisotopic (exact) mass is 628 g/mol. The smallest absolute Gasteiger partial charge is 0.252 e. The fourth-order valence-electron chi connectivity index (χ4n) is 6.32. The quantitative estimate of drug-likeness (QED) is 0.200. The van der Waals surface area contributed by atoms with Crippen molar-refractivity contribution in [2.24, 2.45) is 0 Å². The van der Waals surface area contributed by atoms with E-state index in [1.54, 1.807) is 12.3 Å². The third kappa shape index (κ3) is 7.26. The lowest BCUT2D eigenvalue weighted by molar-refractivity contribution is -0.139. The summed E-state index contributed by atoms with van der Waals surface area (Å²) < 4.78 is 7.53. The van der Waals surface area contributed by atoms with Crippen molar-refractivity contribution in [3.63, 3.8) is 0 Å². The Bertz CT molecular complexity index is 1690. The first-order valence-corrected chi connectivity index (χ1v) is 16.0. The molecule has 0 saturated carbocycles. The molecule has 2 saturated heterocycles. The number of amides is 3. The van der Waals surface area contributed by atoms with Crippen LogP contribution in [0, 0.1) is 0 Å². The number of pyridine rings is 1. The molecule has 2 aromatic carbocycles. The van der Waals surface area contributed by atoms with Crippen LogP contribution >= 0.6 is 0 Å². The molecule has 13 nitrogen and oxygen atoms in total. The van der Waals surface area contributed by atoms with E-state index in [4.69, 9.17) is 4.74 Å². The third-order valence-corrected chi connectivity index (χ3v) is 8.77. The number of ether oxygens (including phenoxy) is 1. The second-order valence-corrected chi connectivity index (χ2v) is 11.8. The molecule has 2 fully saturated rings. The Balaban J connectivity index is 1.02. The average molecular weight is 629 g/mol. The first-order chi connectivity index (χ1) is 22.5. The van der Waals surface area contributed by atoms with Gasteiger partial charge in [0.25, 0.3) is 11.8 Å².